The zero-order chi connectivity index (χ0) is 27.6. The summed E-state index contributed by atoms with van der Waals surface area (Å²) < 4.78 is 7.80. The Kier molecular flexibility index (Phi) is 9.89. The molecule has 0 saturated heterocycles. The van der Waals surface area contributed by atoms with E-state index in [-0.39, 0.29) is 24.0 Å². The van der Waals surface area contributed by atoms with Crippen LogP contribution >= 0.6 is 11.6 Å². The van der Waals surface area contributed by atoms with Gasteiger partial charge in [-0.25, -0.2) is 5.48 Å². The van der Waals surface area contributed by atoms with Crippen molar-refractivity contribution in [3.05, 3.63) is 64.8 Å². The molecule has 0 spiro atoms. The summed E-state index contributed by atoms with van der Waals surface area (Å²) >= 11 is 6.10. The van der Waals surface area contributed by atoms with Crippen LogP contribution in [0.4, 0.5) is 0 Å². The molecule has 1 aliphatic carbocycles. The largest absolute Gasteiger partial charge is 0.490 e. The molecule has 4 rings (SSSR count). The van der Waals surface area contributed by atoms with Gasteiger partial charge in [0.15, 0.2) is 0 Å². The molecule has 3 aromatic rings. The first kappa shape index (κ1) is 28.1. The lowest BCUT2D eigenvalue weighted by Crippen LogP contribution is -2.39. The van der Waals surface area contributed by atoms with Gasteiger partial charge in [0.05, 0.1) is 22.9 Å². The molecule has 3 N–H and O–H groups in total. The maximum absolute atomic E-state index is 12.8. The number of nitrogens with one attached hydrogen (secondary N) is 2. The minimum atomic E-state index is -0.376. The highest BCUT2D eigenvalue weighted by atomic mass is 35.5. The molecule has 0 bridgehead atoms. The van der Waals surface area contributed by atoms with Crippen molar-refractivity contribution >= 4 is 23.4 Å². The Labute approximate surface area is 231 Å². The van der Waals surface area contributed by atoms with Crippen LogP contribution in [0.25, 0.3) is 11.3 Å². The van der Waals surface area contributed by atoms with Gasteiger partial charge in [0.25, 0.3) is 5.91 Å². The van der Waals surface area contributed by atoms with Gasteiger partial charge >= 0.3 is 0 Å². The van der Waals surface area contributed by atoms with Crippen LogP contribution < -0.4 is 15.5 Å². The standard InChI is InChI=1S/C28H31ClN6O4/c29-25-16-24(12-9-21(25)17-30)39-23-13-10-22(11-14-23)31-28(37)20-7-5-19(6-8-20)26-18-35(34-32-26)15-3-1-2-4-27(36)33-38/h5-9,12,16,18,22-23,38H,1-4,10-11,13-15H2,(H,31,37)(H,33,36). The maximum Gasteiger partial charge on any atom is 0.251 e. The number of unbranched alkanes of at least 4 members (excludes halogenated alkanes) is 2. The number of hydroxylamine groups is 1. The highest BCUT2D eigenvalue weighted by Gasteiger charge is 2.24. The topological polar surface area (TPSA) is 142 Å². The van der Waals surface area contributed by atoms with Crippen LogP contribution in [0.15, 0.2) is 48.7 Å². The smallest absolute Gasteiger partial charge is 0.251 e. The van der Waals surface area contributed by atoms with Gasteiger partial charge in [-0.2, -0.15) is 5.26 Å². The quantitative estimate of drug-likeness (QED) is 0.179. The number of ether oxygens (including phenoxy) is 1. The highest BCUT2D eigenvalue weighted by Crippen LogP contribution is 2.27. The van der Waals surface area contributed by atoms with Crippen molar-refractivity contribution < 1.29 is 19.5 Å². The number of carbonyl (C=O) groups excluding carboxylic acids is 2. The molecule has 11 heteroatoms. The second-order valence-corrected chi connectivity index (χ2v) is 10.0. The van der Waals surface area contributed by atoms with Crippen LogP contribution in [-0.2, 0) is 11.3 Å². The lowest BCUT2D eigenvalue weighted by atomic mass is 9.92. The van der Waals surface area contributed by atoms with Gasteiger partial charge in [0.2, 0.25) is 5.91 Å². The predicted octanol–water partition coefficient (Wildman–Crippen LogP) is 4.66. The molecule has 0 atom stereocenters. The van der Waals surface area contributed by atoms with Crippen molar-refractivity contribution in [2.24, 2.45) is 0 Å². The summed E-state index contributed by atoms with van der Waals surface area (Å²) in [6.45, 7) is 0.683. The SMILES string of the molecule is N#Cc1ccc(OC2CCC(NC(=O)c3ccc(-c4cn(CCCCCC(=O)NO)nn4)cc3)CC2)cc1Cl. The fourth-order valence-corrected chi connectivity index (χ4v) is 4.78. The zero-order valence-electron chi connectivity index (χ0n) is 21.5. The molecule has 0 aliphatic heterocycles. The van der Waals surface area contributed by atoms with Crippen LogP contribution in [0.1, 0.15) is 67.3 Å². The number of aryl methyl sites for hydroxylation is 1. The molecule has 1 saturated carbocycles. The minimum Gasteiger partial charge on any atom is -0.490 e. The van der Waals surface area contributed by atoms with Crippen molar-refractivity contribution in [3.8, 4) is 23.1 Å². The highest BCUT2D eigenvalue weighted by molar-refractivity contribution is 6.31. The summed E-state index contributed by atoms with van der Waals surface area (Å²) in [5.74, 6) is 0.166. The van der Waals surface area contributed by atoms with E-state index in [1.807, 2.05) is 24.4 Å². The maximum atomic E-state index is 12.8. The van der Waals surface area contributed by atoms with Gasteiger partial charge in [0, 0.05) is 36.2 Å². The third kappa shape index (κ3) is 8.02. The molecule has 0 radical (unpaired) electrons. The molecular formula is C28H31ClN6O4. The Balaban J connectivity index is 1.20. The number of nitrogens with zero attached hydrogens (tertiary/aromatic N) is 4. The number of carbonyl (C=O) groups is 2. The number of benzene rings is 2. The number of rotatable bonds is 11. The number of hydrogen-bond donors (Lipinski definition) is 3. The fourth-order valence-electron chi connectivity index (χ4n) is 4.57. The van der Waals surface area contributed by atoms with E-state index in [1.54, 1.807) is 40.5 Å². The van der Waals surface area contributed by atoms with Crippen molar-refractivity contribution in [1.82, 2.24) is 25.8 Å². The Morgan fingerprint density at radius 1 is 1.10 bits per heavy atom. The molecule has 1 aliphatic rings. The average molecular weight is 551 g/mol. The van der Waals surface area contributed by atoms with Crippen LogP contribution in [0.3, 0.4) is 0 Å². The third-order valence-electron chi connectivity index (χ3n) is 6.77. The first-order chi connectivity index (χ1) is 18.9. The fraction of sp³-hybridized carbons (Fsp3) is 0.393. The minimum absolute atomic E-state index is 0.0441. The average Bonchev–Trinajstić information content (AvgIpc) is 3.43. The van der Waals surface area contributed by atoms with E-state index in [9.17, 15) is 9.59 Å². The molecule has 1 heterocycles. The summed E-state index contributed by atoms with van der Waals surface area (Å²) in [6.07, 6.45) is 7.84. The van der Waals surface area contributed by atoms with Crippen molar-refractivity contribution in [2.75, 3.05) is 0 Å². The molecule has 1 fully saturated rings. The first-order valence-corrected chi connectivity index (χ1v) is 13.4. The molecular weight excluding hydrogens is 520 g/mol. The van der Waals surface area contributed by atoms with E-state index in [2.05, 4.69) is 15.6 Å². The lowest BCUT2D eigenvalue weighted by Gasteiger charge is -2.29. The van der Waals surface area contributed by atoms with Gasteiger partial charge in [-0.3, -0.25) is 19.5 Å². The van der Waals surface area contributed by atoms with E-state index < -0.39 is 0 Å². The Bertz CT molecular complexity index is 1310. The van der Waals surface area contributed by atoms with Crippen molar-refractivity contribution in [3.63, 3.8) is 0 Å². The Hall–Kier alpha value is -3.94. The van der Waals surface area contributed by atoms with Crippen LogP contribution in [0, 0.1) is 11.3 Å². The van der Waals surface area contributed by atoms with Crippen LogP contribution in [0.2, 0.25) is 5.02 Å². The summed E-state index contributed by atoms with van der Waals surface area (Å²) in [6, 6.07) is 14.5. The van der Waals surface area contributed by atoms with Crippen molar-refractivity contribution in [2.45, 2.75) is 70.1 Å². The van der Waals surface area contributed by atoms with E-state index in [0.717, 1.165) is 49.8 Å². The molecule has 10 nitrogen and oxygen atoms in total. The third-order valence-corrected chi connectivity index (χ3v) is 7.08. The van der Waals surface area contributed by atoms with Gasteiger partial charge < -0.3 is 10.1 Å². The van der Waals surface area contributed by atoms with Crippen LogP contribution in [-0.4, -0.2) is 44.2 Å². The lowest BCUT2D eigenvalue weighted by molar-refractivity contribution is -0.129. The van der Waals surface area contributed by atoms with E-state index >= 15 is 0 Å². The molecule has 2 aromatic carbocycles. The summed E-state index contributed by atoms with van der Waals surface area (Å²) in [5, 5.41) is 29.4. The van der Waals surface area contributed by atoms with E-state index in [4.69, 9.17) is 26.8 Å². The molecule has 0 unspecified atom stereocenters. The summed E-state index contributed by atoms with van der Waals surface area (Å²) in [4.78, 5) is 23.8. The van der Waals surface area contributed by atoms with E-state index in [1.165, 1.54) is 0 Å². The number of aromatic nitrogens is 3. The summed E-state index contributed by atoms with van der Waals surface area (Å²) in [7, 11) is 0. The number of hydrogen-bond acceptors (Lipinski definition) is 7. The second kappa shape index (κ2) is 13.7. The predicted molar refractivity (Wildman–Crippen MR) is 144 cm³/mol. The molecule has 2 amide bonds. The molecule has 39 heavy (non-hydrogen) atoms. The van der Waals surface area contributed by atoms with Gasteiger partial charge in [0.1, 0.15) is 17.5 Å². The van der Waals surface area contributed by atoms with Crippen LogP contribution in [0.5, 0.6) is 5.75 Å². The zero-order valence-corrected chi connectivity index (χ0v) is 22.2. The van der Waals surface area contributed by atoms with Gasteiger partial charge in [-0.05, 0) is 62.8 Å². The number of nitriles is 1. The summed E-state index contributed by atoms with van der Waals surface area (Å²) in [5.41, 5.74) is 4.24. The van der Waals surface area contributed by atoms with Crippen molar-refractivity contribution in [1.29, 1.82) is 5.26 Å². The van der Waals surface area contributed by atoms with E-state index in [0.29, 0.717) is 41.3 Å². The first-order valence-electron chi connectivity index (χ1n) is 13.1. The Morgan fingerprint density at radius 2 is 1.87 bits per heavy atom. The normalized spacial score (nSPS) is 16.7. The van der Waals surface area contributed by atoms with Gasteiger partial charge in [-0.15, -0.1) is 5.10 Å². The molecule has 204 valence electrons. The monoisotopic (exact) mass is 550 g/mol. The molecule has 1 aromatic heterocycles. The Morgan fingerprint density at radius 3 is 2.56 bits per heavy atom. The number of amides is 2. The van der Waals surface area contributed by atoms with Gasteiger partial charge in [-0.1, -0.05) is 35.4 Å². The number of halogens is 1. The second-order valence-electron chi connectivity index (χ2n) is 9.61.